The van der Waals surface area contributed by atoms with E-state index >= 15 is 0 Å². The zero-order valence-electron chi connectivity index (χ0n) is 11.6. The topological polar surface area (TPSA) is 71.2 Å². The van der Waals surface area contributed by atoms with Crippen LogP contribution in [0, 0.1) is 0 Å². The first-order valence-electron chi connectivity index (χ1n) is 6.80. The van der Waals surface area contributed by atoms with Crippen molar-refractivity contribution in [2.75, 3.05) is 18.0 Å². The predicted octanol–water partition coefficient (Wildman–Crippen LogP) is 1.21. The molecular formula is C14H22N4O. The van der Waals surface area contributed by atoms with E-state index in [0.29, 0.717) is 6.04 Å². The van der Waals surface area contributed by atoms with Crippen molar-refractivity contribution in [3.8, 4) is 0 Å². The van der Waals surface area contributed by atoms with Gasteiger partial charge in [0, 0.05) is 38.3 Å². The van der Waals surface area contributed by atoms with Crippen LogP contribution in [0.25, 0.3) is 0 Å². The Labute approximate surface area is 114 Å². The second-order valence-electron chi connectivity index (χ2n) is 5.20. The molecule has 104 valence electrons. The van der Waals surface area contributed by atoms with E-state index < -0.39 is 0 Å². The lowest BCUT2D eigenvalue weighted by molar-refractivity contribution is -0.119. The summed E-state index contributed by atoms with van der Waals surface area (Å²) < 4.78 is 0. The zero-order valence-corrected chi connectivity index (χ0v) is 11.6. The minimum absolute atomic E-state index is 0.0265. The smallest absolute Gasteiger partial charge is 0.217 e. The Morgan fingerprint density at radius 3 is 2.79 bits per heavy atom. The summed E-state index contributed by atoms with van der Waals surface area (Å²) in [5.41, 5.74) is 7.00. The van der Waals surface area contributed by atoms with E-state index in [1.165, 1.54) is 0 Å². The highest BCUT2D eigenvalue weighted by atomic mass is 16.1. The molecule has 1 saturated heterocycles. The number of carbonyl (C=O) groups excluding carboxylic acids is 1. The predicted molar refractivity (Wildman–Crippen MR) is 75.9 cm³/mol. The van der Waals surface area contributed by atoms with Gasteiger partial charge in [-0.2, -0.15) is 0 Å². The summed E-state index contributed by atoms with van der Waals surface area (Å²) in [6.07, 6.45) is 3.74. The van der Waals surface area contributed by atoms with Crippen LogP contribution in [0.3, 0.4) is 0 Å². The summed E-state index contributed by atoms with van der Waals surface area (Å²) in [6, 6.07) is 4.34. The highest BCUT2D eigenvalue weighted by Gasteiger charge is 2.20. The molecule has 3 N–H and O–H groups in total. The number of hydrogen-bond donors (Lipinski definition) is 2. The van der Waals surface area contributed by atoms with Crippen LogP contribution in [0.15, 0.2) is 18.3 Å². The van der Waals surface area contributed by atoms with Crippen LogP contribution in [0.1, 0.15) is 38.3 Å². The van der Waals surface area contributed by atoms with Gasteiger partial charge >= 0.3 is 0 Å². The molecule has 2 rings (SSSR count). The molecule has 0 aliphatic carbocycles. The second kappa shape index (κ2) is 6.02. The summed E-state index contributed by atoms with van der Waals surface area (Å²) in [5.74, 6) is 1.03. The maximum Gasteiger partial charge on any atom is 0.217 e. The first-order chi connectivity index (χ1) is 9.06. The van der Waals surface area contributed by atoms with Crippen molar-refractivity contribution in [1.82, 2.24) is 10.3 Å². The van der Waals surface area contributed by atoms with Crippen LogP contribution in [0.4, 0.5) is 5.82 Å². The molecular weight excluding hydrogens is 240 g/mol. The molecule has 0 bridgehead atoms. The lowest BCUT2D eigenvalue weighted by Gasteiger charge is -2.33. The molecule has 1 aliphatic rings. The molecule has 0 aromatic carbocycles. The van der Waals surface area contributed by atoms with Gasteiger partial charge in [0.1, 0.15) is 5.82 Å². The number of anilines is 1. The molecule has 1 aromatic rings. The van der Waals surface area contributed by atoms with Crippen molar-refractivity contribution in [1.29, 1.82) is 0 Å². The van der Waals surface area contributed by atoms with Crippen LogP contribution in [0.2, 0.25) is 0 Å². The van der Waals surface area contributed by atoms with E-state index in [4.69, 9.17) is 5.73 Å². The number of carbonyl (C=O) groups is 1. The van der Waals surface area contributed by atoms with Gasteiger partial charge in [-0.05, 0) is 37.5 Å². The van der Waals surface area contributed by atoms with Gasteiger partial charge in [0.25, 0.3) is 0 Å². The largest absolute Gasteiger partial charge is 0.356 e. The quantitative estimate of drug-likeness (QED) is 0.859. The first-order valence-corrected chi connectivity index (χ1v) is 6.80. The average Bonchev–Trinajstić information content (AvgIpc) is 2.39. The van der Waals surface area contributed by atoms with Crippen LogP contribution in [-0.2, 0) is 4.79 Å². The van der Waals surface area contributed by atoms with Crippen molar-refractivity contribution < 1.29 is 4.79 Å². The molecule has 1 aromatic heterocycles. The summed E-state index contributed by atoms with van der Waals surface area (Å²) >= 11 is 0. The molecule has 1 amide bonds. The minimum Gasteiger partial charge on any atom is -0.356 e. The first kappa shape index (κ1) is 13.8. The van der Waals surface area contributed by atoms with Gasteiger partial charge in [-0.1, -0.05) is 0 Å². The fourth-order valence-electron chi connectivity index (χ4n) is 2.43. The van der Waals surface area contributed by atoms with E-state index in [2.05, 4.69) is 21.3 Å². The molecule has 1 atom stereocenters. The Kier molecular flexibility index (Phi) is 4.37. The standard InChI is InChI=1S/C14H22N4O/c1-10(15)12-3-6-16-14(9-12)18-7-4-13(5-8-18)17-11(2)19/h3,6,9-10,13H,4-5,7-8,15H2,1-2H3,(H,17,19)/t10-/m1/s1. The Bertz CT molecular complexity index is 439. The monoisotopic (exact) mass is 262 g/mol. The molecule has 1 fully saturated rings. The Balaban J connectivity index is 1.97. The van der Waals surface area contributed by atoms with Crippen molar-refractivity contribution in [3.05, 3.63) is 23.9 Å². The Morgan fingerprint density at radius 2 is 2.21 bits per heavy atom. The van der Waals surface area contributed by atoms with E-state index in [-0.39, 0.29) is 11.9 Å². The molecule has 0 radical (unpaired) electrons. The molecule has 19 heavy (non-hydrogen) atoms. The molecule has 5 heteroatoms. The number of nitrogens with zero attached hydrogens (tertiary/aromatic N) is 2. The van der Waals surface area contributed by atoms with Crippen LogP contribution in [-0.4, -0.2) is 30.0 Å². The SMILES string of the molecule is CC(=O)NC1CCN(c2cc([C@@H](C)N)ccn2)CC1. The second-order valence-corrected chi connectivity index (χ2v) is 5.20. The fourth-order valence-corrected chi connectivity index (χ4v) is 2.43. The summed E-state index contributed by atoms with van der Waals surface area (Å²) in [4.78, 5) is 17.7. The minimum atomic E-state index is 0.0265. The third-order valence-corrected chi connectivity index (χ3v) is 3.52. The van der Waals surface area contributed by atoms with Crippen molar-refractivity contribution in [3.63, 3.8) is 0 Å². The van der Waals surface area contributed by atoms with Gasteiger partial charge in [0.05, 0.1) is 0 Å². The van der Waals surface area contributed by atoms with Crippen molar-refractivity contribution >= 4 is 11.7 Å². The van der Waals surface area contributed by atoms with E-state index in [0.717, 1.165) is 37.3 Å². The highest BCUT2D eigenvalue weighted by molar-refractivity contribution is 5.73. The van der Waals surface area contributed by atoms with E-state index in [1.807, 2.05) is 19.2 Å². The summed E-state index contributed by atoms with van der Waals surface area (Å²) in [7, 11) is 0. The normalized spacial score (nSPS) is 18.2. The molecule has 0 saturated carbocycles. The Morgan fingerprint density at radius 1 is 1.53 bits per heavy atom. The van der Waals surface area contributed by atoms with E-state index in [1.54, 1.807) is 6.92 Å². The Hall–Kier alpha value is -1.62. The lowest BCUT2D eigenvalue weighted by Crippen LogP contribution is -2.44. The number of aromatic nitrogens is 1. The number of piperidine rings is 1. The van der Waals surface area contributed by atoms with Crippen molar-refractivity contribution in [2.24, 2.45) is 5.73 Å². The summed E-state index contributed by atoms with van der Waals surface area (Å²) in [6.45, 7) is 5.38. The number of hydrogen-bond acceptors (Lipinski definition) is 4. The number of amides is 1. The van der Waals surface area contributed by atoms with Crippen molar-refractivity contribution in [2.45, 2.75) is 38.8 Å². The van der Waals surface area contributed by atoms with Crippen LogP contribution in [0.5, 0.6) is 0 Å². The number of rotatable bonds is 3. The fraction of sp³-hybridized carbons (Fsp3) is 0.571. The van der Waals surface area contributed by atoms with Gasteiger partial charge in [0.15, 0.2) is 0 Å². The van der Waals surface area contributed by atoms with Gasteiger partial charge in [-0.25, -0.2) is 4.98 Å². The molecule has 2 heterocycles. The molecule has 0 unspecified atom stereocenters. The number of pyridine rings is 1. The van der Waals surface area contributed by atoms with Crippen LogP contribution < -0.4 is 16.0 Å². The number of nitrogens with one attached hydrogen (secondary N) is 1. The van der Waals surface area contributed by atoms with Gasteiger partial charge in [-0.15, -0.1) is 0 Å². The number of nitrogens with two attached hydrogens (primary N) is 1. The molecule has 0 spiro atoms. The third kappa shape index (κ3) is 3.67. The van der Waals surface area contributed by atoms with Crippen LogP contribution >= 0.6 is 0 Å². The maximum absolute atomic E-state index is 11.0. The average molecular weight is 262 g/mol. The van der Waals surface area contributed by atoms with Gasteiger partial charge in [-0.3, -0.25) is 4.79 Å². The van der Waals surface area contributed by atoms with E-state index in [9.17, 15) is 4.79 Å². The van der Waals surface area contributed by atoms with Gasteiger partial charge in [0.2, 0.25) is 5.91 Å². The highest BCUT2D eigenvalue weighted by Crippen LogP contribution is 2.20. The van der Waals surface area contributed by atoms with Gasteiger partial charge < -0.3 is 16.0 Å². The molecule has 5 nitrogen and oxygen atoms in total. The maximum atomic E-state index is 11.0. The molecule has 1 aliphatic heterocycles. The third-order valence-electron chi connectivity index (χ3n) is 3.52. The summed E-state index contributed by atoms with van der Waals surface area (Å²) in [5, 5.41) is 2.98. The zero-order chi connectivity index (χ0) is 13.8. The lowest BCUT2D eigenvalue weighted by atomic mass is 10.0.